The van der Waals surface area contributed by atoms with Crippen molar-refractivity contribution in [3.05, 3.63) is 64.2 Å². The molecule has 2 amide bonds. The van der Waals surface area contributed by atoms with E-state index in [4.69, 9.17) is 23.2 Å². The number of alkyl halides is 2. The summed E-state index contributed by atoms with van der Waals surface area (Å²) in [4.78, 5) is 26.0. The zero-order valence-electron chi connectivity index (χ0n) is 14.1. The summed E-state index contributed by atoms with van der Waals surface area (Å²) in [5.74, 6) is -0.352. The van der Waals surface area contributed by atoms with E-state index in [1.54, 1.807) is 36.4 Å². The molecule has 0 unspecified atom stereocenters. The van der Waals surface area contributed by atoms with Gasteiger partial charge in [0.2, 0.25) is 0 Å². The number of halogens is 2. The lowest BCUT2D eigenvalue weighted by atomic mass is 10.1. The van der Waals surface area contributed by atoms with Crippen LogP contribution in [0.2, 0.25) is 0 Å². The van der Waals surface area contributed by atoms with E-state index in [1.807, 2.05) is 13.8 Å². The maximum Gasteiger partial charge on any atom is 0.261 e. The Morgan fingerprint density at radius 2 is 1.36 bits per heavy atom. The second-order valence-corrected chi connectivity index (χ2v) is 5.81. The van der Waals surface area contributed by atoms with Gasteiger partial charge in [0.05, 0.1) is 29.4 Å². The number of phenols is 1. The Bertz CT molecular complexity index is 745. The van der Waals surface area contributed by atoms with Crippen LogP contribution in [0, 0.1) is 0 Å². The fraction of sp³-hybridized carbons (Fsp3) is 0.263. The summed E-state index contributed by atoms with van der Waals surface area (Å²) in [6, 6.07) is 10.1. The number of rotatable bonds is 4. The van der Waals surface area contributed by atoms with Crippen LogP contribution in [0.4, 0.5) is 0 Å². The second kappa shape index (κ2) is 8.37. The van der Waals surface area contributed by atoms with Crippen LogP contribution in [0.1, 0.15) is 51.3 Å². The summed E-state index contributed by atoms with van der Waals surface area (Å²) < 4.78 is 0. The molecule has 0 saturated heterocycles. The first-order valence-corrected chi connectivity index (χ1v) is 9.04. The topological polar surface area (TPSA) is 57.6 Å². The van der Waals surface area contributed by atoms with E-state index in [0.29, 0.717) is 27.8 Å². The van der Waals surface area contributed by atoms with Gasteiger partial charge >= 0.3 is 0 Å². The summed E-state index contributed by atoms with van der Waals surface area (Å²) in [7, 11) is 0. The molecule has 0 spiro atoms. The van der Waals surface area contributed by atoms with Crippen LogP contribution >= 0.6 is 23.2 Å². The van der Waals surface area contributed by atoms with Crippen LogP contribution in [0.25, 0.3) is 0 Å². The Labute approximate surface area is 157 Å². The highest BCUT2D eigenvalue weighted by atomic mass is 35.5. The van der Waals surface area contributed by atoms with E-state index in [-0.39, 0.29) is 35.9 Å². The van der Waals surface area contributed by atoms with Gasteiger partial charge in [0, 0.05) is 11.1 Å². The maximum absolute atomic E-state index is 12.4. The SMILES string of the molecule is CC.O=C1c2ccccc2C(=O)N1Cc1cc(CCl)c(O)c(CCl)c1. The van der Waals surface area contributed by atoms with Crippen LogP contribution < -0.4 is 0 Å². The van der Waals surface area contributed by atoms with Gasteiger partial charge in [-0.1, -0.05) is 26.0 Å². The number of amides is 2. The van der Waals surface area contributed by atoms with Crippen LogP contribution in [-0.2, 0) is 18.3 Å². The first-order chi connectivity index (χ1) is 12.1. The normalized spacial score (nSPS) is 12.7. The van der Waals surface area contributed by atoms with Crippen molar-refractivity contribution in [3.8, 4) is 5.75 Å². The molecule has 0 aromatic heterocycles. The number of aromatic hydroxyl groups is 1. The number of hydrogen-bond acceptors (Lipinski definition) is 3. The van der Waals surface area contributed by atoms with Gasteiger partial charge in [0.1, 0.15) is 5.75 Å². The second-order valence-electron chi connectivity index (χ2n) is 5.27. The molecule has 0 aliphatic carbocycles. The largest absolute Gasteiger partial charge is 0.507 e. The number of fused-ring (bicyclic) bond motifs is 1. The minimum atomic E-state index is -0.321. The van der Waals surface area contributed by atoms with E-state index in [2.05, 4.69) is 0 Å². The molecule has 6 heteroatoms. The lowest BCUT2D eigenvalue weighted by Crippen LogP contribution is -2.29. The average molecular weight is 380 g/mol. The van der Waals surface area contributed by atoms with Crippen molar-refractivity contribution in [2.24, 2.45) is 0 Å². The fourth-order valence-corrected chi connectivity index (χ4v) is 3.10. The Morgan fingerprint density at radius 3 is 1.76 bits per heavy atom. The Morgan fingerprint density at radius 1 is 0.920 bits per heavy atom. The Balaban J connectivity index is 0.00000109. The molecule has 1 aliphatic heterocycles. The van der Waals surface area contributed by atoms with Gasteiger partial charge in [0.15, 0.2) is 0 Å². The van der Waals surface area contributed by atoms with Crippen molar-refractivity contribution in [1.82, 2.24) is 4.90 Å². The zero-order chi connectivity index (χ0) is 18.6. The number of benzene rings is 2. The summed E-state index contributed by atoms with van der Waals surface area (Å²) in [5, 5.41) is 10.0. The van der Waals surface area contributed by atoms with Gasteiger partial charge in [-0.2, -0.15) is 0 Å². The van der Waals surface area contributed by atoms with E-state index in [9.17, 15) is 14.7 Å². The summed E-state index contributed by atoms with van der Waals surface area (Å²) >= 11 is 11.7. The predicted molar refractivity (Wildman–Crippen MR) is 99.2 cm³/mol. The minimum absolute atomic E-state index is 0.0566. The van der Waals surface area contributed by atoms with Crippen molar-refractivity contribution >= 4 is 35.0 Å². The molecule has 2 aromatic carbocycles. The lowest BCUT2D eigenvalue weighted by Gasteiger charge is -2.16. The van der Waals surface area contributed by atoms with E-state index in [1.165, 1.54) is 4.90 Å². The number of carbonyl (C=O) groups excluding carboxylic acids is 2. The number of phenolic OH excluding ortho intramolecular Hbond substituents is 1. The molecule has 0 fully saturated rings. The predicted octanol–water partition coefficient (Wildman–Crippen LogP) is 4.69. The molecule has 0 radical (unpaired) electrons. The highest BCUT2D eigenvalue weighted by Crippen LogP contribution is 2.30. The third-order valence-electron chi connectivity index (χ3n) is 3.83. The molecule has 132 valence electrons. The smallest absolute Gasteiger partial charge is 0.261 e. The Kier molecular flexibility index (Phi) is 6.45. The summed E-state index contributed by atoms with van der Waals surface area (Å²) in [6.07, 6.45) is 0. The van der Waals surface area contributed by atoms with Gasteiger partial charge in [-0.25, -0.2) is 0 Å². The Hall–Kier alpha value is -2.04. The van der Waals surface area contributed by atoms with E-state index in [0.717, 1.165) is 0 Å². The molecule has 25 heavy (non-hydrogen) atoms. The molecule has 3 rings (SSSR count). The van der Waals surface area contributed by atoms with Crippen LogP contribution in [0.5, 0.6) is 5.75 Å². The average Bonchev–Trinajstić information content (AvgIpc) is 2.89. The van der Waals surface area contributed by atoms with E-state index >= 15 is 0 Å². The number of hydrogen-bond donors (Lipinski definition) is 1. The first kappa shape index (κ1) is 19.3. The van der Waals surface area contributed by atoms with Crippen molar-refractivity contribution in [2.45, 2.75) is 32.2 Å². The van der Waals surface area contributed by atoms with Crippen LogP contribution in [0.3, 0.4) is 0 Å². The fourth-order valence-electron chi connectivity index (χ4n) is 2.69. The molecule has 0 saturated carbocycles. The molecule has 1 N–H and O–H groups in total. The van der Waals surface area contributed by atoms with Crippen molar-refractivity contribution < 1.29 is 14.7 Å². The first-order valence-electron chi connectivity index (χ1n) is 7.97. The zero-order valence-corrected chi connectivity index (χ0v) is 15.6. The molecular weight excluding hydrogens is 361 g/mol. The number of imide groups is 1. The van der Waals surface area contributed by atoms with E-state index < -0.39 is 0 Å². The standard InChI is InChI=1S/C17H13Cl2NO3.C2H6/c18-7-11-5-10(6-12(8-19)15(11)21)9-20-16(22)13-3-1-2-4-14(13)17(20)23;1-2/h1-6,21H,7-9H2;1-2H3. The third-order valence-corrected chi connectivity index (χ3v) is 4.41. The molecule has 1 aliphatic rings. The van der Waals surface area contributed by atoms with Crippen molar-refractivity contribution in [1.29, 1.82) is 0 Å². The van der Waals surface area contributed by atoms with Gasteiger partial charge in [-0.3, -0.25) is 14.5 Å². The highest BCUT2D eigenvalue weighted by Gasteiger charge is 2.35. The summed E-state index contributed by atoms with van der Waals surface area (Å²) in [6.45, 7) is 4.11. The molecule has 0 atom stereocenters. The maximum atomic E-state index is 12.4. The highest BCUT2D eigenvalue weighted by molar-refractivity contribution is 6.21. The molecule has 4 nitrogen and oxygen atoms in total. The van der Waals surface area contributed by atoms with Crippen molar-refractivity contribution in [3.63, 3.8) is 0 Å². The minimum Gasteiger partial charge on any atom is -0.507 e. The van der Waals surface area contributed by atoms with Gasteiger partial charge in [0.25, 0.3) is 11.8 Å². The monoisotopic (exact) mass is 379 g/mol. The molecule has 2 aromatic rings. The van der Waals surface area contributed by atoms with Crippen LogP contribution in [-0.4, -0.2) is 21.8 Å². The lowest BCUT2D eigenvalue weighted by molar-refractivity contribution is 0.0642. The van der Waals surface area contributed by atoms with Crippen molar-refractivity contribution in [2.75, 3.05) is 0 Å². The molecule has 1 heterocycles. The number of carbonyl (C=O) groups is 2. The number of nitrogens with zero attached hydrogens (tertiary/aromatic N) is 1. The quantitative estimate of drug-likeness (QED) is 0.618. The van der Waals surface area contributed by atoms with Gasteiger partial charge in [-0.05, 0) is 29.8 Å². The summed E-state index contributed by atoms with van der Waals surface area (Å²) in [5.41, 5.74) is 2.56. The van der Waals surface area contributed by atoms with Gasteiger partial charge in [-0.15, -0.1) is 23.2 Å². The molecular formula is C19H19Cl2NO3. The molecule has 0 bridgehead atoms. The van der Waals surface area contributed by atoms with Gasteiger partial charge < -0.3 is 5.11 Å². The third kappa shape index (κ3) is 3.65. The van der Waals surface area contributed by atoms with Crippen LogP contribution in [0.15, 0.2) is 36.4 Å².